The summed E-state index contributed by atoms with van der Waals surface area (Å²) in [5.74, 6) is 0. The molecule has 1 fully saturated rings. The van der Waals surface area contributed by atoms with Crippen molar-refractivity contribution in [1.82, 2.24) is 5.06 Å². The van der Waals surface area contributed by atoms with E-state index in [4.69, 9.17) is 4.84 Å². The SMILES string of the molecule is CCCN1OC1c1ccc([N+](=O)[O-])cc1. The molecular weight excluding hydrogens is 196 g/mol. The van der Waals surface area contributed by atoms with Gasteiger partial charge in [-0.25, -0.2) is 0 Å². The second kappa shape index (κ2) is 3.96. The Bertz CT molecular complexity index is 363. The highest BCUT2D eigenvalue weighted by Crippen LogP contribution is 2.37. The molecule has 0 radical (unpaired) electrons. The molecule has 2 unspecified atom stereocenters. The molecule has 0 saturated carbocycles. The average molecular weight is 208 g/mol. The highest BCUT2D eigenvalue weighted by atomic mass is 16.8. The molecule has 2 rings (SSSR count). The van der Waals surface area contributed by atoms with Crippen LogP contribution in [0.1, 0.15) is 25.1 Å². The van der Waals surface area contributed by atoms with Crippen molar-refractivity contribution < 1.29 is 9.76 Å². The van der Waals surface area contributed by atoms with Crippen LogP contribution in [0.4, 0.5) is 5.69 Å². The summed E-state index contributed by atoms with van der Waals surface area (Å²) in [5, 5.41) is 12.3. The second-order valence-electron chi connectivity index (χ2n) is 3.45. The predicted molar refractivity (Wildman–Crippen MR) is 53.9 cm³/mol. The fourth-order valence-corrected chi connectivity index (χ4v) is 1.48. The first-order valence-electron chi connectivity index (χ1n) is 4.90. The van der Waals surface area contributed by atoms with E-state index in [1.807, 2.05) is 5.06 Å². The van der Waals surface area contributed by atoms with Gasteiger partial charge in [0.05, 0.1) is 4.92 Å². The van der Waals surface area contributed by atoms with Crippen molar-refractivity contribution in [2.75, 3.05) is 6.54 Å². The van der Waals surface area contributed by atoms with Crippen molar-refractivity contribution in [3.8, 4) is 0 Å². The Morgan fingerprint density at radius 3 is 2.67 bits per heavy atom. The van der Waals surface area contributed by atoms with Crippen LogP contribution in [0.5, 0.6) is 0 Å². The van der Waals surface area contributed by atoms with E-state index in [-0.39, 0.29) is 11.9 Å². The lowest BCUT2D eigenvalue weighted by molar-refractivity contribution is -0.384. The van der Waals surface area contributed by atoms with Gasteiger partial charge in [-0.05, 0) is 18.6 Å². The van der Waals surface area contributed by atoms with Crippen LogP contribution in [0.2, 0.25) is 0 Å². The van der Waals surface area contributed by atoms with Gasteiger partial charge in [0.2, 0.25) is 0 Å². The Hall–Kier alpha value is -1.46. The quantitative estimate of drug-likeness (QED) is 0.432. The number of nitrogens with zero attached hydrogens (tertiary/aromatic N) is 2. The lowest BCUT2D eigenvalue weighted by Gasteiger charge is -1.96. The van der Waals surface area contributed by atoms with Gasteiger partial charge in [-0.1, -0.05) is 6.92 Å². The van der Waals surface area contributed by atoms with E-state index in [9.17, 15) is 10.1 Å². The lowest BCUT2D eigenvalue weighted by atomic mass is 10.2. The number of non-ortho nitro benzene ring substituents is 1. The van der Waals surface area contributed by atoms with Crippen LogP contribution in [0.15, 0.2) is 24.3 Å². The normalized spacial score (nSPS) is 23.8. The maximum absolute atomic E-state index is 10.4. The van der Waals surface area contributed by atoms with Gasteiger partial charge < -0.3 is 0 Å². The highest BCUT2D eigenvalue weighted by molar-refractivity contribution is 5.34. The zero-order valence-electron chi connectivity index (χ0n) is 8.42. The van der Waals surface area contributed by atoms with E-state index in [0.717, 1.165) is 18.5 Å². The number of hydrogen-bond acceptors (Lipinski definition) is 4. The number of rotatable bonds is 4. The summed E-state index contributed by atoms with van der Waals surface area (Å²) < 4.78 is 0. The minimum atomic E-state index is -0.401. The molecule has 1 aliphatic heterocycles. The Morgan fingerprint density at radius 1 is 1.47 bits per heavy atom. The molecule has 5 heteroatoms. The molecule has 5 nitrogen and oxygen atoms in total. The van der Waals surface area contributed by atoms with Gasteiger partial charge in [0, 0.05) is 24.2 Å². The molecule has 1 saturated heterocycles. The Kier molecular flexibility index (Phi) is 2.66. The van der Waals surface area contributed by atoms with E-state index in [1.165, 1.54) is 12.1 Å². The van der Waals surface area contributed by atoms with Gasteiger partial charge in [-0.2, -0.15) is 5.06 Å². The summed E-state index contributed by atoms with van der Waals surface area (Å²) in [6.07, 6.45) is 1.02. The molecule has 0 N–H and O–H groups in total. The molecule has 80 valence electrons. The average Bonchev–Trinajstić information content (AvgIpc) is 2.98. The zero-order valence-corrected chi connectivity index (χ0v) is 8.42. The molecule has 2 atom stereocenters. The maximum atomic E-state index is 10.4. The van der Waals surface area contributed by atoms with Crippen molar-refractivity contribution in [2.24, 2.45) is 0 Å². The Morgan fingerprint density at radius 2 is 2.13 bits per heavy atom. The van der Waals surface area contributed by atoms with Crippen molar-refractivity contribution in [3.63, 3.8) is 0 Å². The number of nitro benzene ring substituents is 1. The summed E-state index contributed by atoms with van der Waals surface area (Å²) in [4.78, 5) is 15.3. The summed E-state index contributed by atoms with van der Waals surface area (Å²) in [5.41, 5.74) is 1.08. The van der Waals surface area contributed by atoms with Gasteiger partial charge in [0.25, 0.3) is 5.69 Å². The number of nitro groups is 1. The second-order valence-corrected chi connectivity index (χ2v) is 3.45. The van der Waals surface area contributed by atoms with Crippen molar-refractivity contribution in [3.05, 3.63) is 39.9 Å². The minimum absolute atomic E-state index is 0.00856. The number of hydroxylamine groups is 2. The topological polar surface area (TPSA) is 58.7 Å². The van der Waals surface area contributed by atoms with Gasteiger partial charge in [-0.15, -0.1) is 0 Å². The largest absolute Gasteiger partial charge is 0.270 e. The summed E-state index contributed by atoms with van der Waals surface area (Å²) in [7, 11) is 0. The third-order valence-corrected chi connectivity index (χ3v) is 2.28. The third kappa shape index (κ3) is 2.14. The standard InChI is InChI=1S/C10H12N2O3/c1-2-7-11-10(15-11)8-3-5-9(6-4-8)12(13)14/h3-6,10H,2,7H2,1H3. The fourth-order valence-electron chi connectivity index (χ4n) is 1.48. The van der Waals surface area contributed by atoms with E-state index < -0.39 is 4.92 Å². The molecular formula is C10H12N2O3. The van der Waals surface area contributed by atoms with E-state index in [2.05, 4.69) is 6.92 Å². The van der Waals surface area contributed by atoms with Crippen LogP contribution in [0.3, 0.4) is 0 Å². The van der Waals surface area contributed by atoms with Gasteiger partial charge in [0.1, 0.15) is 0 Å². The van der Waals surface area contributed by atoms with Crippen LogP contribution in [0, 0.1) is 10.1 Å². The first-order chi connectivity index (χ1) is 7.22. The van der Waals surface area contributed by atoms with Crippen molar-refractivity contribution in [1.29, 1.82) is 0 Å². The molecule has 1 aromatic carbocycles. The summed E-state index contributed by atoms with van der Waals surface area (Å²) in [6.45, 7) is 2.97. The van der Waals surface area contributed by atoms with Crippen molar-refractivity contribution >= 4 is 5.69 Å². The van der Waals surface area contributed by atoms with Crippen LogP contribution in [0.25, 0.3) is 0 Å². The molecule has 0 amide bonds. The van der Waals surface area contributed by atoms with E-state index in [0.29, 0.717) is 0 Å². The van der Waals surface area contributed by atoms with Crippen LogP contribution < -0.4 is 0 Å². The highest BCUT2D eigenvalue weighted by Gasteiger charge is 2.36. The Balaban J connectivity index is 2.03. The molecule has 0 aliphatic carbocycles. The summed E-state index contributed by atoms with van der Waals surface area (Å²) in [6, 6.07) is 6.47. The molecule has 1 aromatic rings. The van der Waals surface area contributed by atoms with Crippen molar-refractivity contribution in [2.45, 2.75) is 19.6 Å². The molecule has 0 spiro atoms. The van der Waals surface area contributed by atoms with Crippen LogP contribution in [-0.4, -0.2) is 16.5 Å². The number of hydrogen-bond donors (Lipinski definition) is 0. The van der Waals surface area contributed by atoms with E-state index >= 15 is 0 Å². The first-order valence-corrected chi connectivity index (χ1v) is 4.90. The van der Waals surface area contributed by atoms with Gasteiger partial charge in [-0.3, -0.25) is 15.0 Å². The predicted octanol–water partition coefficient (Wildman–Crippen LogP) is 2.25. The van der Waals surface area contributed by atoms with Crippen LogP contribution in [-0.2, 0) is 4.84 Å². The monoisotopic (exact) mass is 208 g/mol. The smallest absolute Gasteiger partial charge is 0.269 e. The summed E-state index contributed by atoms with van der Waals surface area (Å²) >= 11 is 0. The van der Waals surface area contributed by atoms with Gasteiger partial charge in [0.15, 0.2) is 6.23 Å². The molecule has 1 aliphatic rings. The molecule has 15 heavy (non-hydrogen) atoms. The number of benzene rings is 1. The lowest BCUT2D eigenvalue weighted by Crippen LogP contribution is -1.98. The molecule has 0 bridgehead atoms. The fraction of sp³-hybridized carbons (Fsp3) is 0.400. The van der Waals surface area contributed by atoms with Gasteiger partial charge >= 0.3 is 0 Å². The minimum Gasteiger partial charge on any atom is -0.270 e. The Labute approximate surface area is 87.4 Å². The molecule has 1 heterocycles. The van der Waals surface area contributed by atoms with Crippen LogP contribution >= 0.6 is 0 Å². The van der Waals surface area contributed by atoms with E-state index in [1.54, 1.807) is 12.1 Å². The molecule has 0 aromatic heterocycles. The maximum Gasteiger partial charge on any atom is 0.269 e. The third-order valence-electron chi connectivity index (χ3n) is 2.28. The first kappa shape index (κ1) is 10.1. The zero-order chi connectivity index (χ0) is 10.8.